The van der Waals surface area contributed by atoms with Gasteiger partial charge in [-0.25, -0.2) is 4.98 Å². The number of anilines is 3. The highest BCUT2D eigenvalue weighted by Crippen LogP contribution is 2.27. The molecule has 0 saturated heterocycles. The van der Waals surface area contributed by atoms with Gasteiger partial charge in [-0.1, -0.05) is 29.8 Å². The van der Waals surface area contributed by atoms with E-state index >= 15 is 0 Å². The molecule has 0 atom stereocenters. The molecule has 180 valence electrons. The summed E-state index contributed by atoms with van der Waals surface area (Å²) < 4.78 is 10.5. The fourth-order valence-electron chi connectivity index (χ4n) is 3.55. The highest BCUT2D eigenvalue weighted by atomic mass is 16.5. The van der Waals surface area contributed by atoms with Crippen LogP contribution in [0.3, 0.4) is 0 Å². The van der Waals surface area contributed by atoms with Crippen molar-refractivity contribution in [3.63, 3.8) is 0 Å². The van der Waals surface area contributed by atoms with Crippen molar-refractivity contribution in [2.75, 3.05) is 24.9 Å². The van der Waals surface area contributed by atoms with Crippen LogP contribution in [-0.2, 0) is 0 Å². The normalized spacial score (nSPS) is 10.3. The van der Waals surface area contributed by atoms with Crippen LogP contribution in [0.4, 0.5) is 17.3 Å². The van der Waals surface area contributed by atoms with Gasteiger partial charge in [0.15, 0.2) is 0 Å². The van der Waals surface area contributed by atoms with E-state index in [1.165, 1.54) is 14.2 Å². The van der Waals surface area contributed by atoms with E-state index < -0.39 is 11.5 Å². The molecule has 0 unspecified atom stereocenters. The maximum Gasteiger partial charge on any atom is 0.270 e. The fourth-order valence-corrected chi connectivity index (χ4v) is 3.55. The Bertz CT molecular complexity index is 1520. The number of amides is 1. The predicted octanol–water partition coefficient (Wildman–Crippen LogP) is 4.63. The summed E-state index contributed by atoms with van der Waals surface area (Å²) in [4.78, 5) is 32.6. The molecule has 0 spiro atoms. The average molecular weight is 482 g/mol. The standard InChI is InChI=1S/C27H23N5O4/c1-16-7-9-18(10-8-16)30-27-31-24(22(15-28)26(34)32-27)17-5-4-6-19(13-17)29-25(33)21-12-11-20(35-2)14-23(21)36-3/h4-14H,1-3H3,(H,29,33)(H2,30,31,32,34). The third-order valence-corrected chi connectivity index (χ3v) is 5.39. The molecule has 0 aliphatic rings. The summed E-state index contributed by atoms with van der Waals surface area (Å²) in [5, 5.41) is 15.5. The minimum atomic E-state index is -0.575. The monoisotopic (exact) mass is 481 g/mol. The molecule has 0 bridgehead atoms. The number of H-pyrrole nitrogens is 1. The van der Waals surface area contributed by atoms with E-state index in [1.807, 2.05) is 37.3 Å². The molecule has 0 aliphatic carbocycles. The van der Waals surface area contributed by atoms with E-state index in [2.05, 4.69) is 20.6 Å². The van der Waals surface area contributed by atoms with Gasteiger partial charge >= 0.3 is 0 Å². The number of nitrogens with zero attached hydrogens (tertiary/aromatic N) is 2. The van der Waals surface area contributed by atoms with Crippen LogP contribution in [-0.4, -0.2) is 30.1 Å². The summed E-state index contributed by atoms with van der Waals surface area (Å²) in [6, 6.07) is 21.1. The molecule has 1 aromatic heterocycles. The smallest absolute Gasteiger partial charge is 0.270 e. The first kappa shape index (κ1) is 24.0. The number of carbonyl (C=O) groups excluding carboxylic acids is 1. The largest absolute Gasteiger partial charge is 0.497 e. The Kier molecular flexibility index (Phi) is 6.97. The molecule has 4 aromatic rings. The number of carbonyl (C=O) groups is 1. The molecule has 1 heterocycles. The van der Waals surface area contributed by atoms with E-state index in [9.17, 15) is 14.9 Å². The number of hydrogen-bond acceptors (Lipinski definition) is 7. The van der Waals surface area contributed by atoms with Gasteiger partial charge in [0.25, 0.3) is 11.5 Å². The quantitative estimate of drug-likeness (QED) is 0.351. The summed E-state index contributed by atoms with van der Waals surface area (Å²) in [6.07, 6.45) is 0. The maximum atomic E-state index is 12.9. The zero-order valence-corrected chi connectivity index (χ0v) is 19.9. The predicted molar refractivity (Wildman–Crippen MR) is 137 cm³/mol. The second-order valence-electron chi connectivity index (χ2n) is 7.84. The van der Waals surface area contributed by atoms with Crippen molar-refractivity contribution in [2.24, 2.45) is 0 Å². The van der Waals surface area contributed by atoms with Gasteiger partial charge in [-0.2, -0.15) is 5.26 Å². The lowest BCUT2D eigenvalue weighted by atomic mass is 10.1. The van der Waals surface area contributed by atoms with Crippen molar-refractivity contribution in [2.45, 2.75) is 6.92 Å². The molecule has 36 heavy (non-hydrogen) atoms. The summed E-state index contributed by atoms with van der Waals surface area (Å²) in [7, 11) is 3.00. The Hall–Kier alpha value is -5.10. The second-order valence-corrected chi connectivity index (χ2v) is 7.84. The van der Waals surface area contributed by atoms with Crippen molar-refractivity contribution >= 4 is 23.2 Å². The Morgan fingerprint density at radius 1 is 1.00 bits per heavy atom. The molecule has 3 N–H and O–H groups in total. The Labute approximate surface area is 207 Å². The molecule has 0 saturated carbocycles. The number of aromatic nitrogens is 2. The van der Waals surface area contributed by atoms with Gasteiger partial charge in [0.2, 0.25) is 5.95 Å². The maximum absolute atomic E-state index is 12.9. The van der Waals surface area contributed by atoms with Crippen LogP contribution in [0, 0.1) is 18.3 Å². The van der Waals surface area contributed by atoms with Crippen LogP contribution in [0.1, 0.15) is 21.5 Å². The van der Waals surface area contributed by atoms with Crippen LogP contribution in [0.15, 0.2) is 71.5 Å². The summed E-state index contributed by atoms with van der Waals surface area (Å²) in [5.74, 6) is 0.714. The van der Waals surface area contributed by atoms with Crippen molar-refractivity contribution < 1.29 is 14.3 Å². The van der Waals surface area contributed by atoms with Crippen molar-refractivity contribution in [1.29, 1.82) is 5.26 Å². The van der Waals surface area contributed by atoms with E-state index in [4.69, 9.17) is 9.47 Å². The van der Waals surface area contributed by atoms with Gasteiger partial charge in [0.1, 0.15) is 23.1 Å². The number of methoxy groups -OCH3 is 2. The topological polar surface area (TPSA) is 129 Å². The second kappa shape index (κ2) is 10.4. The average Bonchev–Trinajstić information content (AvgIpc) is 2.89. The van der Waals surface area contributed by atoms with Gasteiger partial charge < -0.3 is 20.1 Å². The first-order chi connectivity index (χ1) is 17.4. The van der Waals surface area contributed by atoms with Crippen LogP contribution < -0.4 is 25.7 Å². The molecule has 4 rings (SSSR count). The summed E-state index contributed by atoms with van der Waals surface area (Å²) in [6.45, 7) is 1.97. The van der Waals surface area contributed by atoms with Crippen LogP contribution in [0.2, 0.25) is 0 Å². The number of benzene rings is 3. The van der Waals surface area contributed by atoms with Crippen LogP contribution in [0.5, 0.6) is 11.5 Å². The molecule has 0 radical (unpaired) electrons. The van der Waals surface area contributed by atoms with Crippen molar-refractivity contribution in [3.8, 4) is 28.8 Å². The minimum absolute atomic E-state index is 0.134. The van der Waals surface area contributed by atoms with E-state index in [0.717, 1.165) is 11.3 Å². The summed E-state index contributed by atoms with van der Waals surface area (Å²) in [5.41, 5.74) is 2.56. The lowest BCUT2D eigenvalue weighted by Gasteiger charge is -2.12. The molecular weight excluding hydrogens is 458 g/mol. The first-order valence-electron chi connectivity index (χ1n) is 10.9. The molecule has 9 nitrogen and oxygen atoms in total. The minimum Gasteiger partial charge on any atom is -0.497 e. The third-order valence-electron chi connectivity index (χ3n) is 5.39. The lowest BCUT2D eigenvalue weighted by Crippen LogP contribution is -2.16. The Balaban J connectivity index is 1.66. The van der Waals surface area contributed by atoms with Crippen LogP contribution in [0.25, 0.3) is 11.3 Å². The number of aromatic amines is 1. The Morgan fingerprint density at radius 3 is 2.47 bits per heavy atom. The summed E-state index contributed by atoms with van der Waals surface area (Å²) >= 11 is 0. The van der Waals surface area contributed by atoms with E-state index in [0.29, 0.717) is 28.3 Å². The van der Waals surface area contributed by atoms with Gasteiger partial charge in [0.05, 0.1) is 25.5 Å². The SMILES string of the molecule is COc1ccc(C(=O)Nc2cccc(-c3nc(Nc4ccc(C)cc4)[nH]c(=O)c3C#N)c2)c(OC)c1. The first-order valence-corrected chi connectivity index (χ1v) is 10.9. The zero-order valence-electron chi connectivity index (χ0n) is 19.9. The number of ether oxygens (including phenoxy) is 2. The van der Waals surface area contributed by atoms with Gasteiger partial charge in [-0.3, -0.25) is 14.6 Å². The molecule has 0 aliphatic heterocycles. The van der Waals surface area contributed by atoms with Crippen molar-refractivity contribution in [1.82, 2.24) is 9.97 Å². The Morgan fingerprint density at radius 2 is 1.78 bits per heavy atom. The third kappa shape index (κ3) is 5.18. The highest BCUT2D eigenvalue weighted by molar-refractivity contribution is 6.06. The molecule has 1 amide bonds. The van der Waals surface area contributed by atoms with Crippen LogP contribution >= 0.6 is 0 Å². The zero-order chi connectivity index (χ0) is 25.7. The van der Waals surface area contributed by atoms with Gasteiger partial charge in [-0.05, 0) is 43.3 Å². The lowest BCUT2D eigenvalue weighted by molar-refractivity contribution is 0.102. The molecule has 0 fully saturated rings. The van der Waals surface area contributed by atoms with Crippen molar-refractivity contribution in [3.05, 3.63) is 93.8 Å². The fraction of sp³-hybridized carbons (Fsp3) is 0.111. The molecule has 9 heteroatoms. The highest BCUT2D eigenvalue weighted by Gasteiger charge is 2.17. The van der Waals surface area contributed by atoms with Gasteiger partial charge in [-0.15, -0.1) is 0 Å². The van der Waals surface area contributed by atoms with Gasteiger partial charge in [0, 0.05) is 23.0 Å². The molecular formula is C27H23N5O4. The number of nitrogens with one attached hydrogen (secondary N) is 3. The molecule has 3 aromatic carbocycles. The number of aryl methyl sites for hydroxylation is 1. The number of nitriles is 1. The number of rotatable bonds is 7. The van der Waals surface area contributed by atoms with E-state index in [-0.39, 0.29) is 17.2 Å². The number of hydrogen-bond donors (Lipinski definition) is 3. The van der Waals surface area contributed by atoms with E-state index in [1.54, 1.807) is 42.5 Å².